The molecule has 0 radical (unpaired) electrons. The maximum atomic E-state index is 12.3. The summed E-state index contributed by atoms with van der Waals surface area (Å²) in [7, 11) is 1.80. The molecule has 0 unspecified atom stereocenters. The third-order valence-electron chi connectivity index (χ3n) is 2.02. The van der Waals surface area contributed by atoms with Crippen LogP contribution < -0.4 is 5.32 Å². The van der Waals surface area contributed by atoms with Crippen LogP contribution in [0.3, 0.4) is 0 Å². The number of nitrogens with one attached hydrogen (secondary N) is 1. The molecule has 0 saturated heterocycles. The molecule has 92 valence electrons. The Morgan fingerprint density at radius 2 is 2.06 bits per heavy atom. The molecule has 1 nitrogen and oxygen atoms in total. The molecule has 0 bridgehead atoms. The van der Waals surface area contributed by atoms with Gasteiger partial charge >= 0.3 is 6.18 Å². The molecule has 1 N–H and O–H groups in total. The predicted octanol–water partition coefficient (Wildman–Crippen LogP) is 3.32. The highest BCUT2D eigenvalue weighted by molar-refractivity contribution is 6.31. The molecule has 0 atom stereocenters. The first-order chi connectivity index (χ1) is 7.95. The lowest BCUT2D eigenvalue weighted by atomic mass is 10.1. The molecule has 0 heterocycles. The van der Waals surface area contributed by atoms with E-state index < -0.39 is 11.7 Å². The first-order valence-corrected chi connectivity index (χ1v) is 5.33. The zero-order chi connectivity index (χ0) is 12.9. The van der Waals surface area contributed by atoms with Gasteiger partial charge < -0.3 is 5.32 Å². The second kappa shape index (κ2) is 5.95. The smallest absolute Gasteiger partial charge is 0.319 e. The van der Waals surface area contributed by atoms with Gasteiger partial charge in [-0.15, -0.1) is 0 Å². The summed E-state index contributed by atoms with van der Waals surface area (Å²) in [6, 6.07) is 3.16. The number of halogens is 4. The minimum absolute atomic E-state index is 0.0248. The van der Waals surface area contributed by atoms with Crippen molar-refractivity contribution in [1.29, 1.82) is 0 Å². The summed E-state index contributed by atoms with van der Waals surface area (Å²) in [6.07, 6.45) is -3.75. The molecule has 1 aromatic rings. The normalized spacial score (nSPS) is 10.9. The fraction of sp³-hybridized carbons (Fsp3) is 0.333. The standard InChI is InChI=1S/C12H11ClF3N/c1-17-7-3-2-4-9-5-6-10(8-11(9)13)12(14,15)16/h5-6,8,17H,3,7H2,1H3. The van der Waals surface area contributed by atoms with Crippen molar-refractivity contribution in [3.8, 4) is 11.8 Å². The highest BCUT2D eigenvalue weighted by Crippen LogP contribution is 2.31. The van der Waals surface area contributed by atoms with Gasteiger partial charge in [0.2, 0.25) is 0 Å². The minimum Gasteiger partial charge on any atom is -0.319 e. The Labute approximate surface area is 103 Å². The average Bonchev–Trinajstić information content (AvgIpc) is 2.24. The second-order valence-electron chi connectivity index (χ2n) is 3.35. The van der Waals surface area contributed by atoms with E-state index in [1.54, 1.807) is 7.05 Å². The van der Waals surface area contributed by atoms with Crippen molar-refractivity contribution in [2.45, 2.75) is 12.6 Å². The maximum Gasteiger partial charge on any atom is 0.416 e. The summed E-state index contributed by atoms with van der Waals surface area (Å²) in [5, 5.41) is 2.94. The van der Waals surface area contributed by atoms with Crippen molar-refractivity contribution in [3.63, 3.8) is 0 Å². The Hall–Kier alpha value is -1.18. The summed E-state index contributed by atoms with van der Waals surface area (Å²) in [6.45, 7) is 0.727. The van der Waals surface area contributed by atoms with Crippen LogP contribution in [-0.2, 0) is 6.18 Å². The van der Waals surface area contributed by atoms with E-state index in [0.29, 0.717) is 12.0 Å². The Morgan fingerprint density at radius 1 is 1.35 bits per heavy atom. The first kappa shape index (κ1) is 13.9. The molecular formula is C12H11ClF3N. The third-order valence-corrected chi connectivity index (χ3v) is 2.33. The van der Waals surface area contributed by atoms with Gasteiger partial charge in [-0.05, 0) is 25.2 Å². The lowest BCUT2D eigenvalue weighted by Crippen LogP contribution is -2.06. The molecule has 0 fully saturated rings. The second-order valence-corrected chi connectivity index (χ2v) is 3.75. The fourth-order valence-corrected chi connectivity index (χ4v) is 1.37. The third kappa shape index (κ3) is 4.29. The highest BCUT2D eigenvalue weighted by Gasteiger charge is 2.30. The fourth-order valence-electron chi connectivity index (χ4n) is 1.14. The molecule has 0 saturated carbocycles. The van der Waals surface area contributed by atoms with E-state index in [1.165, 1.54) is 6.07 Å². The van der Waals surface area contributed by atoms with Crippen molar-refractivity contribution in [2.24, 2.45) is 0 Å². The van der Waals surface area contributed by atoms with E-state index in [1.807, 2.05) is 0 Å². The summed E-state index contributed by atoms with van der Waals surface area (Å²) in [5.74, 6) is 5.56. The molecule has 0 aliphatic rings. The minimum atomic E-state index is -4.37. The molecule has 1 aromatic carbocycles. The molecule has 0 amide bonds. The van der Waals surface area contributed by atoms with Crippen LogP contribution in [0.2, 0.25) is 5.02 Å². The largest absolute Gasteiger partial charge is 0.416 e. The van der Waals surface area contributed by atoms with Crippen LogP contribution in [-0.4, -0.2) is 13.6 Å². The van der Waals surface area contributed by atoms with Crippen LogP contribution in [0, 0.1) is 11.8 Å². The van der Waals surface area contributed by atoms with Crippen LogP contribution in [0.5, 0.6) is 0 Å². The summed E-state index contributed by atoms with van der Waals surface area (Å²) in [5.41, 5.74) is -0.348. The molecular weight excluding hydrogens is 251 g/mol. The summed E-state index contributed by atoms with van der Waals surface area (Å²) in [4.78, 5) is 0. The van der Waals surface area contributed by atoms with Crippen LogP contribution in [0.25, 0.3) is 0 Å². The number of hydrogen-bond acceptors (Lipinski definition) is 1. The van der Waals surface area contributed by atoms with Crippen molar-refractivity contribution in [3.05, 3.63) is 34.3 Å². The molecule has 0 aliphatic heterocycles. The topological polar surface area (TPSA) is 12.0 Å². The van der Waals surface area contributed by atoms with Crippen LogP contribution >= 0.6 is 11.6 Å². The predicted molar refractivity (Wildman–Crippen MR) is 61.9 cm³/mol. The van der Waals surface area contributed by atoms with E-state index in [-0.39, 0.29) is 5.02 Å². The van der Waals surface area contributed by atoms with Crippen LogP contribution in [0.1, 0.15) is 17.5 Å². The Kier molecular flexibility index (Phi) is 4.86. The zero-order valence-corrected chi connectivity index (χ0v) is 9.91. The maximum absolute atomic E-state index is 12.3. The highest BCUT2D eigenvalue weighted by atomic mass is 35.5. The van der Waals surface area contributed by atoms with E-state index >= 15 is 0 Å². The Morgan fingerprint density at radius 3 is 2.59 bits per heavy atom. The van der Waals surface area contributed by atoms with Gasteiger partial charge in [0, 0.05) is 18.5 Å². The van der Waals surface area contributed by atoms with Crippen molar-refractivity contribution in [1.82, 2.24) is 5.32 Å². The zero-order valence-electron chi connectivity index (χ0n) is 9.16. The van der Waals surface area contributed by atoms with Gasteiger partial charge in [-0.3, -0.25) is 0 Å². The SMILES string of the molecule is CNCCC#Cc1ccc(C(F)(F)F)cc1Cl. The van der Waals surface area contributed by atoms with Crippen LogP contribution in [0.15, 0.2) is 18.2 Å². The molecule has 1 rings (SSSR count). The average molecular weight is 262 g/mol. The Bertz CT molecular complexity index is 443. The van der Waals surface area contributed by atoms with Crippen molar-refractivity contribution in [2.75, 3.05) is 13.6 Å². The van der Waals surface area contributed by atoms with E-state index in [4.69, 9.17) is 11.6 Å². The van der Waals surface area contributed by atoms with Gasteiger partial charge in [0.25, 0.3) is 0 Å². The quantitative estimate of drug-likeness (QED) is 0.636. The molecule has 17 heavy (non-hydrogen) atoms. The first-order valence-electron chi connectivity index (χ1n) is 4.95. The summed E-state index contributed by atoms with van der Waals surface area (Å²) >= 11 is 5.73. The van der Waals surface area contributed by atoms with Gasteiger partial charge in [0.05, 0.1) is 10.6 Å². The van der Waals surface area contributed by atoms with Gasteiger partial charge in [0.15, 0.2) is 0 Å². The lowest BCUT2D eigenvalue weighted by Gasteiger charge is -2.07. The van der Waals surface area contributed by atoms with Crippen molar-refractivity contribution >= 4 is 11.6 Å². The molecule has 5 heteroatoms. The number of benzene rings is 1. The van der Waals surface area contributed by atoms with E-state index in [2.05, 4.69) is 17.2 Å². The Balaban J connectivity index is 2.86. The lowest BCUT2D eigenvalue weighted by molar-refractivity contribution is -0.137. The monoisotopic (exact) mass is 261 g/mol. The van der Waals surface area contributed by atoms with E-state index in [9.17, 15) is 13.2 Å². The number of hydrogen-bond donors (Lipinski definition) is 1. The van der Waals surface area contributed by atoms with Crippen LogP contribution in [0.4, 0.5) is 13.2 Å². The van der Waals surface area contributed by atoms with Gasteiger partial charge in [-0.25, -0.2) is 0 Å². The van der Waals surface area contributed by atoms with E-state index in [0.717, 1.165) is 18.7 Å². The molecule has 0 spiro atoms. The van der Waals surface area contributed by atoms with Gasteiger partial charge in [0.1, 0.15) is 0 Å². The number of alkyl halides is 3. The molecule has 0 aliphatic carbocycles. The molecule has 0 aromatic heterocycles. The summed E-state index contributed by atoms with van der Waals surface area (Å²) < 4.78 is 37.0. The van der Waals surface area contributed by atoms with Gasteiger partial charge in [-0.2, -0.15) is 13.2 Å². The van der Waals surface area contributed by atoms with Gasteiger partial charge in [-0.1, -0.05) is 23.4 Å². The van der Waals surface area contributed by atoms with Crippen molar-refractivity contribution < 1.29 is 13.2 Å². The number of rotatable bonds is 2.